The number of carbonyl (C=O) groups is 1. The summed E-state index contributed by atoms with van der Waals surface area (Å²) in [7, 11) is -0.497. The first-order chi connectivity index (χ1) is 13.8. The number of hydrogen-bond acceptors (Lipinski definition) is 6. The summed E-state index contributed by atoms with van der Waals surface area (Å²) in [6.07, 6.45) is 2.81. The van der Waals surface area contributed by atoms with Gasteiger partial charge < -0.3 is 18.6 Å². The highest BCUT2D eigenvalue weighted by atomic mass is 32.2. The highest BCUT2D eigenvalue weighted by Crippen LogP contribution is 2.24. The highest BCUT2D eigenvalue weighted by molar-refractivity contribution is 7.86. The topological polar surface area (TPSA) is 82.1 Å². The first kappa shape index (κ1) is 22.5. The second-order valence-electron chi connectivity index (χ2n) is 6.61. The number of ether oxygens (including phenoxy) is 2. The lowest BCUT2D eigenvalue weighted by Gasteiger charge is -2.23. The molecule has 0 saturated heterocycles. The molecule has 29 heavy (non-hydrogen) atoms. The third-order valence-corrected chi connectivity index (χ3v) is 4.71. The van der Waals surface area contributed by atoms with Gasteiger partial charge in [0.2, 0.25) is 0 Å². The van der Waals surface area contributed by atoms with E-state index < -0.39 is 10.1 Å². The van der Waals surface area contributed by atoms with Crippen molar-refractivity contribution in [1.29, 1.82) is 0 Å². The molecule has 0 heterocycles. The van der Waals surface area contributed by atoms with Crippen LogP contribution in [0.4, 0.5) is 0 Å². The fraction of sp³-hybridized carbons (Fsp3) is 0.381. The Morgan fingerprint density at radius 3 is 2.03 bits per heavy atom. The molecule has 0 bridgehead atoms. The zero-order valence-corrected chi connectivity index (χ0v) is 18.0. The second kappa shape index (κ2) is 10.2. The van der Waals surface area contributed by atoms with Gasteiger partial charge in [-0.2, -0.15) is 8.42 Å². The van der Waals surface area contributed by atoms with Crippen LogP contribution in [-0.2, 0) is 16.7 Å². The number of benzene rings is 2. The average Bonchev–Trinajstić information content (AvgIpc) is 2.70. The number of hydrogen-bond donors (Lipinski definition) is 0. The molecule has 2 aromatic rings. The van der Waals surface area contributed by atoms with Gasteiger partial charge in [-0.15, -0.1) is 0 Å². The van der Waals surface area contributed by atoms with Crippen LogP contribution >= 0.6 is 0 Å². The average molecular weight is 422 g/mol. The van der Waals surface area contributed by atoms with E-state index in [-0.39, 0.29) is 11.7 Å². The van der Waals surface area contributed by atoms with Gasteiger partial charge in [-0.05, 0) is 36.2 Å². The minimum atomic E-state index is -3.58. The molecule has 0 saturated carbocycles. The van der Waals surface area contributed by atoms with Crippen LogP contribution in [0.15, 0.2) is 42.5 Å². The molecule has 2 rings (SSSR count). The van der Waals surface area contributed by atoms with Gasteiger partial charge in [-0.25, -0.2) is 0 Å². The predicted octanol–water partition coefficient (Wildman–Crippen LogP) is 3.48. The molecule has 0 aromatic heterocycles. The SMILES string of the molecule is CCCCN(Cc1ccc(OS(C)(=O)=O)cc1)C(=O)c1cc(OC)cc(OC)c1. The number of methoxy groups -OCH3 is 2. The van der Waals surface area contributed by atoms with Crippen molar-refractivity contribution in [2.75, 3.05) is 27.0 Å². The molecule has 0 aliphatic heterocycles. The van der Waals surface area contributed by atoms with Crippen molar-refractivity contribution in [3.8, 4) is 17.2 Å². The highest BCUT2D eigenvalue weighted by Gasteiger charge is 2.18. The van der Waals surface area contributed by atoms with Crippen LogP contribution in [0.5, 0.6) is 17.2 Å². The molecule has 0 fully saturated rings. The predicted molar refractivity (Wildman–Crippen MR) is 111 cm³/mol. The first-order valence-corrected chi connectivity index (χ1v) is 11.1. The number of unbranched alkanes of at least 4 members (excludes halogenated alkanes) is 1. The lowest BCUT2D eigenvalue weighted by Crippen LogP contribution is -2.31. The molecule has 0 atom stereocenters. The fourth-order valence-electron chi connectivity index (χ4n) is 2.76. The molecule has 8 heteroatoms. The van der Waals surface area contributed by atoms with E-state index in [1.54, 1.807) is 47.4 Å². The van der Waals surface area contributed by atoms with Crippen LogP contribution in [0.2, 0.25) is 0 Å². The standard InChI is InChI=1S/C21H27NO6S/c1-5-6-11-22(15-16-7-9-18(10-8-16)28-29(4,24)25)21(23)17-12-19(26-2)14-20(13-17)27-3/h7-10,12-14H,5-6,11,15H2,1-4H3. The van der Waals surface area contributed by atoms with Gasteiger partial charge >= 0.3 is 10.1 Å². The summed E-state index contributed by atoms with van der Waals surface area (Å²) in [6.45, 7) is 3.04. The fourth-order valence-corrected chi connectivity index (χ4v) is 3.22. The van der Waals surface area contributed by atoms with Crippen molar-refractivity contribution in [2.24, 2.45) is 0 Å². The molecular formula is C21H27NO6S. The third kappa shape index (κ3) is 6.98. The van der Waals surface area contributed by atoms with E-state index in [0.717, 1.165) is 24.7 Å². The summed E-state index contributed by atoms with van der Waals surface area (Å²) in [4.78, 5) is 14.9. The number of amides is 1. The van der Waals surface area contributed by atoms with E-state index >= 15 is 0 Å². The van der Waals surface area contributed by atoms with Crippen LogP contribution < -0.4 is 13.7 Å². The van der Waals surface area contributed by atoms with E-state index in [9.17, 15) is 13.2 Å². The summed E-state index contributed by atoms with van der Waals surface area (Å²) in [6, 6.07) is 11.7. The maximum atomic E-state index is 13.2. The van der Waals surface area contributed by atoms with Gasteiger partial charge in [0.05, 0.1) is 20.5 Å². The smallest absolute Gasteiger partial charge is 0.306 e. The lowest BCUT2D eigenvalue weighted by atomic mass is 10.1. The maximum Gasteiger partial charge on any atom is 0.306 e. The zero-order valence-electron chi connectivity index (χ0n) is 17.2. The zero-order chi connectivity index (χ0) is 21.4. The van der Waals surface area contributed by atoms with Crippen molar-refractivity contribution in [2.45, 2.75) is 26.3 Å². The van der Waals surface area contributed by atoms with Crippen LogP contribution in [0.3, 0.4) is 0 Å². The number of carbonyl (C=O) groups excluding carboxylic acids is 1. The van der Waals surface area contributed by atoms with Gasteiger partial charge in [0.1, 0.15) is 17.2 Å². The Morgan fingerprint density at radius 1 is 0.966 bits per heavy atom. The van der Waals surface area contributed by atoms with Crippen molar-refractivity contribution in [3.05, 3.63) is 53.6 Å². The Balaban J connectivity index is 2.23. The molecule has 1 amide bonds. The molecule has 0 radical (unpaired) electrons. The van der Waals surface area contributed by atoms with Crippen LogP contribution in [0.1, 0.15) is 35.7 Å². The van der Waals surface area contributed by atoms with E-state index in [1.165, 1.54) is 14.2 Å². The minimum absolute atomic E-state index is 0.132. The summed E-state index contributed by atoms with van der Waals surface area (Å²) >= 11 is 0. The minimum Gasteiger partial charge on any atom is -0.497 e. The Hall–Kier alpha value is -2.74. The summed E-state index contributed by atoms with van der Waals surface area (Å²) in [5.74, 6) is 1.20. The Morgan fingerprint density at radius 2 is 1.55 bits per heavy atom. The Kier molecular flexibility index (Phi) is 7.90. The Labute approximate surface area is 172 Å². The number of rotatable bonds is 10. The molecular weight excluding hydrogens is 394 g/mol. The van der Waals surface area contributed by atoms with Gasteiger partial charge in [-0.3, -0.25) is 4.79 Å². The molecule has 0 aliphatic carbocycles. The van der Waals surface area contributed by atoms with E-state index in [0.29, 0.717) is 30.2 Å². The van der Waals surface area contributed by atoms with Gasteiger partial charge in [0, 0.05) is 24.7 Å². The van der Waals surface area contributed by atoms with E-state index in [1.807, 2.05) is 0 Å². The van der Waals surface area contributed by atoms with Crippen LogP contribution in [0, 0.1) is 0 Å². The monoisotopic (exact) mass is 421 g/mol. The third-order valence-electron chi connectivity index (χ3n) is 4.21. The van der Waals surface area contributed by atoms with Crippen molar-refractivity contribution in [1.82, 2.24) is 4.90 Å². The molecule has 7 nitrogen and oxygen atoms in total. The molecule has 0 N–H and O–H groups in total. The largest absolute Gasteiger partial charge is 0.497 e. The van der Waals surface area contributed by atoms with E-state index in [2.05, 4.69) is 6.92 Å². The second-order valence-corrected chi connectivity index (χ2v) is 8.19. The molecule has 158 valence electrons. The van der Waals surface area contributed by atoms with Crippen LogP contribution in [-0.4, -0.2) is 46.2 Å². The molecule has 0 spiro atoms. The molecule has 0 unspecified atom stereocenters. The van der Waals surface area contributed by atoms with Crippen LogP contribution in [0.25, 0.3) is 0 Å². The van der Waals surface area contributed by atoms with Crippen molar-refractivity contribution in [3.63, 3.8) is 0 Å². The van der Waals surface area contributed by atoms with E-state index in [4.69, 9.17) is 13.7 Å². The molecule has 2 aromatic carbocycles. The maximum absolute atomic E-state index is 13.2. The summed E-state index contributed by atoms with van der Waals surface area (Å²) < 4.78 is 37.9. The van der Waals surface area contributed by atoms with Crippen molar-refractivity contribution >= 4 is 16.0 Å². The molecule has 0 aliphatic rings. The van der Waals surface area contributed by atoms with Crippen molar-refractivity contribution < 1.29 is 26.9 Å². The number of nitrogens with zero attached hydrogens (tertiary/aromatic N) is 1. The lowest BCUT2D eigenvalue weighted by molar-refractivity contribution is 0.0740. The summed E-state index contributed by atoms with van der Waals surface area (Å²) in [5.41, 5.74) is 1.35. The Bertz CT molecular complexity index is 902. The first-order valence-electron chi connectivity index (χ1n) is 9.26. The van der Waals surface area contributed by atoms with Gasteiger partial charge in [-0.1, -0.05) is 25.5 Å². The quantitative estimate of drug-likeness (QED) is 0.546. The summed E-state index contributed by atoms with van der Waals surface area (Å²) in [5, 5.41) is 0. The van der Waals surface area contributed by atoms with Gasteiger partial charge in [0.25, 0.3) is 5.91 Å². The normalized spacial score (nSPS) is 11.0. The van der Waals surface area contributed by atoms with Gasteiger partial charge in [0.15, 0.2) is 0 Å².